The van der Waals surface area contributed by atoms with Crippen LogP contribution in [0.25, 0.3) is 6.08 Å². The van der Waals surface area contributed by atoms with Crippen LogP contribution in [0.15, 0.2) is 53.0 Å². The molecule has 8 heteroatoms. The number of halogens is 4. The van der Waals surface area contributed by atoms with E-state index in [1.807, 2.05) is 0 Å². The van der Waals surface area contributed by atoms with Crippen molar-refractivity contribution in [1.82, 2.24) is 0 Å². The average Bonchev–Trinajstić information content (AvgIpc) is 3.12. The molecule has 0 radical (unpaired) electrons. The Bertz CT molecular complexity index is 1030. The van der Waals surface area contributed by atoms with Crippen LogP contribution in [0.4, 0.5) is 17.6 Å². The summed E-state index contributed by atoms with van der Waals surface area (Å²) in [5.41, 5.74) is 0.269. The Labute approximate surface area is 156 Å². The van der Waals surface area contributed by atoms with Gasteiger partial charge in [0.15, 0.2) is 23.2 Å². The van der Waals surface area contributed by atoms with Gasteiger partial charge < -0.3 is 14.3 Å². The number of ether oxygens (including phenoxy) is 1. The lowest BCUT2D eigenvalue weighted by Crippen LogP contribution is -2.03. The molecule has 0 aliphatic heterocycles. The maximum absolute atomic E-state index is 13.5. The van der Waals surface area contributed by atoms with Crippen molar-refractivity contribution >= 4 is 11.9 Å². The van der Waals surface area contributed by atoms with Crippen molar-refractivity contribution in [1.29, 1.82) is 0 Å². The smallest absolute Gasteiger partial charge is 0.203 e. The molecule has 4 nitrogen and oxygen atoms in total. The van der Waals surface area contributed by atoms with E-state index in [1.165, 1.54) is 48.6 Å². The number of rotatable bonds is 6. The third kappa shape index (κ3) is 4.22. The predicted octanol–water partition coefficient (Wildman–Crippen LogP) is 5.02. The van der Waals surface area contributed by atoms with Crippen molar-refractivity contribution in [2.75, 3.05) is 0 Å². The summed E-state index contributed by atoms with van der Waals surface area (Å²) < 4.78 is 63.5. The van der Waals surface area contributed by atoms with Gasteiger partial charge in [-0.1, -0.05) is 12.1 Å². The zero-order valence-corrected chi connectivity index (χ0v) is 14.1. The van der Waals surface area contributed by atoms with E-state index in [9.17, 15) is 27.5 Å². The van der Waals surface area contributed by atoms with Crippen LogP contribution in [0, 0.1) is 23.3 Å². The molecule has 144 valence electrons. The molecule has 1 heterocycles. The molecule has 0 fully saturated rings. The van der Waals surface area contributed by atoms with Gasteiger partial charge in [0.1, 0.15) is 23.9 Å². The summed E-state index contributed by atoms with van der Waals surface area (Å²) in [4.78, 5) is 12.0. The number of benzene rings is 2. The molecule has 0 spiro atoms. The van der Waals surface area contributed by atoms with Gasteiger partial charge in [0.05, 0.1) is 0 Å². The minimum atomic E-state index is -1.65. The number of ketones is 1. The molecule has 3 aromatic rings. The van der Waals surface area contributed by atoms with Crippen LogP contribution in [-0.2, 0) is 6.61 Å². The van der Waals surface area contributed by atoms with Crippen molar-refractivity contribution in [3.8, 4) is 11.5 Å². The quantitative estimate of drug-likeness (QED) is 0.277. The summed E-state index contributed by atoms with van der Waals surface area (Å²) in [7, 11) is 0. The van der Waals surface area contributed by atoms with Gasteiger partial charge in [-0.3, -0.25) is 4.79 Å². The lowest BCUT2D eigenvalue weighted by Gasteiger charge is -2.08. The molecule has 2 aromatic carbocycles. The molecule has 3 rings (SSSR count). The summed E-state index contributed by atoms with van der Waals surface area (Å²) in [6, 6.07) is 8.72. The molecule has 0 amide bonds. The number of phenols is 1. The SMILES string of the molecule is O=C(/C=C/c1ccc(COc2c(F)c(F)cc(F)c2F)o1)c1cccc(O)c1. The highest BCUT2D eigenvalue weighted by Crippen LogP contribution is 2.27. The highest BCUT2D eigenvalue weighted by molar-refractivity contribution is 6.06. The first kappa shape index (κ1) is 19.2. The van der Waals surface area contributed by atoms with Crippen LogP contribution in [0.5, 0.6) is 11.5 Å². The second kappa shape index (κ2) is 7.99. The summed E-state index contributed by atoms with van der Waals surface area (Å²) in [6.07, 6.45) is 2.55. The molecule has 0 saturated heterocycles. The van der Waals surface area contributed by atoms with E-state index >= 15 is 0 Å². The number of allylic oxidation sites excluding steroid dienone is 1. The number of hydrogen-bond donors (Lipinski definition) is 1. The summed E-state index contributed by atoms with van der Waals surface area (Å²) in [5.74, 6) is -7.75. The van der Waals surface area contributed by atoms with Gasteiger partial charge in [-0.2, -0.15) is 8.78 Å². The minimum absolute atomic E-state index is 0.0510. The molecule has 0 saturated carbocycles. The van der Waals surface area contributed by atoms with Gasteiger partial charge in [0.25, 0.3) is 0 Å². The standard InChI is InChI=1S/C20H12F4O4/c21-15-9-16(22)19(24)20(18(15)23)27-10-14-5-4-13(28-14)6-7-17(26)11-2-1-3-12(25)8-11/h1-9,25H,10H2/b7-6+. The van der Waals surface area contributed by atoms with Crippen LogP contribution in [-0.4, -0.2) is 10.9 Å². The van der Waals surface area contributed by atoms with Crippen LogP contribution < -0.4 is 4.74 Å². The normalized spacial score (nSPS) is 11.1. The second-order valence-electron chi connectivity index (χ2n) is 5.64. The molecule has 0 unspecified atom stereocenters. The third-order valence-electron chi connectivity index (χ3n) is 3.64. The first-order chi connectivity index (χ1) is 13.3. The Balaban J connectivity index is 1.67. The zero-order valence-electron chi connectivity index (χ0n) is 14.1. The first-order valence-corrected chi connectivity index (χ1v) is 7.91. The van der Waals surface area contributed by atoms with E-state index in [0.717, 1.165) is 0 Å². The van der Waals surface area contributed by atoms with Crippen LogP contribution in [0.2, 0.25) is 0 Å². The molecule has 28 heavy (non-hydrogen) atoms. The maximum Gasteiger partial charge on any atom is 0.203 e. The van der Waals surface area contributed by atoms with Crippen LogP contribution in [0.3, 0.4) is 0 Å². The number of hydrogen-bond acceptors (Lipinski definition) is 4. The monoisotopic (exact) mass is 392 g/mol. The van der Waals surface area contributed by atoms with Gasteiger partial charge in [-0.05, 0) is 36.4 Å². The van der Waals surface area contributed by atoms with E-state index in [0.29, 0.717) is 0 Å². The summed E-state index contributed by atoms with van der Waals surface area (Å²) >= 11 is 0. The van der Waals surface area contributed by atoms with E-state index < -0.39 is 35.6 Å². The van der Waals surface area contributed by atoms with Gasteiger partial charge in [-0.15, -0.1) is 0 Å². The number of aromatic hydroxyl groups is 1. The molecular formula is C20H12F4O4. The van der Waals surface area contributed by atoms with E-state index in [4.69, 9.17) is 9.15 Å². The van der Waals surface area contributed by atoms with Crippen LogP contribution >= 0.6 is 0 Å². The first-order valence-electron chi connectivity index (χ1n) is 7.91. The van der Waals surface area contributed by atoms with Crippen molar-refractivity contribution in [2.45, 2.75) is 6.61 Å². The molecule has 1 N–H and O–H groups in total. The molecule has 1 aromatic heterocycles. The largest absolute Gasteiger partial charge is 0.508 e. The second-order valence-corrected chi connectivity index (χ2v) is 5.64. The van der Waals surface area contributed by atoms with E-state index in [-0.39, 0.29) is 34.7 Å². The van der Waals surface area contributed by atoms with Crippen molar-refractivity contribution in [3.63, 3.8) is 0 Å². The van der Waals surface area contributed by atoms with Crippen molar-refractivity contribution in [2.24, 2.45) is 0 Å². The van der Waals surface area contributed by atoms with E-state index in [1.54, 1.807) is 0 Å². The predicted molar refractivity (Wildman–Crippen MR) is 90.8 cm³/mol. The number of carbonyl (C=O) groups is 1. The zero-order chi connectivity index (χ0) is 20.3. The van der Waals surface area contributed by atoms with Crippen molar-refractivity contribution < 1.29 is 36.6 Å². The number of phenolic OH excluding ortho intramolecular Hbond substituents is 1. The Morgan fingerprint density at radius 2 is 1.75 bits per heavy atom. The lowest BCUT2D eigenvalue weighted by atomic mass is 10.1. The lowest BCUT2D eigenvalue weighted by molar-refractivity contribution is 0.104. The summed E-state index contributed by atoms with van der Waals surface area (Å²) in [6.45, 7) is -0.495. The molecule has 0 bridgehead atoms. The van der Waals surface area contributed by atoms with Gasteiger partial charge in [0, 0.05) is 11.6 Å². The molecule has 0 aliphatic rings. The molecule has 0 atom stereocenters. The Kier molecular flexibility index (Phi) is 5.49. The fourth-order valence-corrected chi connectivity index (χ4v) is 2.30. The number of carbonyl (C=O) groups excluding carboxylic acids is 1. The van der Waals surface area contributed by atoms with Gasteiger partial charge in [0.2, 0.25) is 11.6 Å². The highest BCUT2D eigenvalue weighted by Gasteiger charge is 2.21. The molecule has 0 aliphatic carbocycles. The Morgan fingerprint density at radius 3 is 2.43 bits per heavy atom. The van der Waals surface area contributed by atoms with E-state index in [2.05, 4.69) is 0 Å². The Hall–Kier alpha value is -3.55. The average molecular weight is 392 g/mol. The fourth-order valence-electron chi connectivity index (χ4n) is 2.30. The molecular weight excluding hydrogens is 380 g/mol. The third-order valence-corrected chi connectivity index (χ3v) is 3.64. The number of furan rings is 1. The maximum atomic E-state index is 13.5. The summed E-state index contributed by atoms with van der Waals surface area (Å²) in [5, 5.41) is 9.37. The topological polar surface area (TPSA) is 59.7 Å². The highest BCUT2D eigenvalue weighted by atomic mass is 19.2. The van der Waals surface area contributed by atoms with Gasteiger partial charge >= 0.3 is 0 Å². The Morgan fingerprint density at radius 1 is 1.04 bits per heavy atom. The van der Waals surface area contributed by atoms with Crippen molar-refractivity contribution in [3.05, 3.63) is 88.9 Å². The van der Waals surface area contributed by atoms with Crippen LogP contribution in [0.1, 0.15) is 21.9 Å². The van der Waals surface area contributed by atoms with Gasteiger partial charge in [-0.25, -0.2) is 8.78 Å². The fraction of sp³-hybridized carbons (Fsp3) is 0.0500. The minimum Gasteiger partial charge on any atom is -0.508 e.